The molecule has 3 heterocycles. The van der Waals surface area contributed by atoms with E-state index in [0.29, 0.717) is 19.1 Å². The number of amides is 2. The molecule has 2 saturated heterocycles. The second-order valence-corrected chi connectivity index (χ2v) is 9.76. The van der Waals surface area contributed by atoms with E-state index in [-0.39, 0.29) is 17.9 Å². The first-order chi connectivity index (χ1) is 14.6. The number of halogens is 1. The van der Waals surface area contributed by atoms with Crippen LogP contribution in [0.15, 0.2) is 59.1 Å². The highest BCUT2D eigenvalue weighted by Gasteiger charge is 2.36. The summed E-state index contributed by atoms with van der Waals surface area (Å²) in [6.45, 7) is 2.92. The quantitative estimate of drug-likeness (QED) is 0.610. The summed E-state index contributed by atoms with van der Waals surface area (Å²) < 4.78 is 2.02. The fourth-order valence-corrected chi connectivity index (χ4v) is 6.17. The van der Waals surface area contributed by atoms with E-state index in [0.717, 1.165) is 44.5 Å². The number of hydrogen-bond acceptors (Lipinski definition) is 4. The van der Waals surface area contributed by atoms with E-state index in [1.165, 1.54) is 0 Å². The van der Waals surface area contributed by atoms with Gasteiger partial charge in [-0.1, -0.05) is 36.4 Å². The standard InChI is InChI=1S/C23H22BrN3O2S/c24-20-18-8-4-5-9-19(18)30-21(20)23(29)27-13-17(14-27)25-16-10-11-26(12-16)22(28)15-6-2-1-3-7-15/h1-9,16-17,25H,10-14H2. The zero-order valence-corrected chi connectivity index (χ0v) is 18.8. The molecule has 1 atom stereocenters. The summed E-state index contributed by atoms with van der Waals surface area (Å²) in [5.74, 6) is 0.188. The van der Waals surface area contributed by atoms with Crippen LogP contribution in [0.5, 0.6) is 0 Å². The first kappa shape index (κ1) is 19.7. The van der Waals surface area contributed by atoms with Crippen molar-refractivity contribution in [3.8, 4) is 0 Å². The maximum Gasteiger partial charge on any atom is 0.265 e. The Hall–Kier alpha value is -2.22. The highest BCUT2D eigenvalue weighted by molar-refractivity contribution is 9.10. The minimum Gasteiger partial charge on any atom is -0.337 e. The van der Waals surface area contributed by atoms with Crippen molar-refractivity contribution in [1.29, 1.82) is 0 Å². The van der Waals surface area contributed by atoms with Crippen LogP contribution in [-0.2, 0) is 0 Å². The van der Waals surface area contributed by atoms with Crippen LogP contribution in [0, 0.1) is 0 Å². The first-order valence-electron chi connectivity index (χ1n) is 10.2. The molecule has 0 spiro atoms. The fraction of sp³-hybridized carbons (Fsp3) is 0.304. The molecule has 5 rings (SSSR count). The van der Waals surface area contributed by atoms with Gasteiger partial charge in [-0.3, -0.25) is 9.59 Å². The Morgan fingerprint density at radius 2 is 1.60 bits per heavy atom. The van der Waals surface area contributed by atoms with Gasteiger partial charge in [0.15, 0.2) is 0 Å². The lowest BCUT2D eigenvalue weighted by molar-refractivity contribution is 0.0557. The molecule has 7 heteroatoms. The Bertz CT molecular complexity index is 1090. The Morgan fingerprint density at radius 1 is 0.900 bits per heavy atom. The maximum absolute atomic E-state index is 12.9. The first-order valence-corrected chi connectivity index (χ1v) is 11.8. The summed E-state index contributed by atoms with van der Waals surface area (Å²) in [4.78, 5) is 30.1. The summed E-state index contributed by atoms with van der Waals surface area (Å²) in [5.41, 5.74) is 0.743. The van der Waals surface area contributed by atoms with Gasteiger partial charge in [-0.15, -0.1) is 11.3 Å². The van der Waals surface area contributed by atoms with Gasteiger partial charge in [-0.05, 0) is 40.5 Å². The Labute approximate surface area is 187 Å². The van der Waals surface area contributed by atoms with E-state index in [4.69, 9.17) is 0 Å². The smallest absolute Gasteiger partial charge is 0.265 e. The van der Waals surface area contributed by atoms with E-state index < -0.39 is 0 Å². The molecule has 1 unspecified atom stereocenters. The molecule has 2 fully saturated rings. The molecule has 0 saturated carbocycles. The molecule has 5 nitrogen and oxygen atoms in total. The third kappa shape index (κ3) is 3.66. The molecule has 154 valence electrons. The lowest BCUT2D eigenvalue weighted by Crippen LogP contribution is -2.62. The number of thiophene rings is 1. The van der Waals surface area contributed by atoms with Crippen molar-refractivity contribution in [2.75, 3.05) is 26.2 Å². The van der Waals surface area contributed by atoms with Crippen molar-refractivity contribution >= 4 is 49.2 Å². The molecule has 0 radical (unpaired) electrons. The SMILES string of the molecule is O=C(c1ccccc1)N1CCC(NC2CN(C(=O)c3sc4ccccc4c3Br)C2)C1. The molecule has 2 aromatic carbocycles. The monoisotopic (exact) mass is 483 g/mol. The van der Waals surface area contributed by atoms with Crippen LogP contribution in [0.1, 0.15) is 26.5 Å². The summed E-state index contributed by atoms with van der Waals surface area (Å²) in [7, 11) is 0. The minimum atomic E-state index is 0.0911. The Kier molecular flexibility index (Phi) is 5.35. The number of rotatable bonds is 4. The number of fused-ring (bicyclic) bond motifs is 1. The van der Waals surface area contributed by atoms with E-state index in [1.54, 1.807) is 11.3 Å². The number of carbonyl (C=O) groups excluding carboxylic acids is 2. The zero-order valence-electron chi connectivity index (χ0n) is 16.4. The van der Waals surface area contributed by atoms with Gasteiger partial charge in [-0.25, -0.2) is 0 Å². The molecule has 0 aliphatic carbocycles. The lowest BCUT2D eigenvalue weighted by Gasteiger charge is -2.41. The van der Waals surface area contributed by atoms with Crippen molar-refractivity contribution in [2.45, 2.75) is 18.5 Å². The zero-order chi connectivity index (χ0) is 20.7. The number of benzene rings is 2. The molecule has 30 heavy (non-hydrogen) atoms. The molecule has 2 aliphatic heterocycles. The number of hydrogen-bond donors (Lipinski definition) is 1. The van der Waals surface area contributed by atoms with Gasteiger partial charge in [0, 0.05) is 58.4 Å². The molecule has 1 N–H and O–H groups in total. The Balaban J connectivity index is 1.15. The minimum absolute atomic E-state index is 0.0911. The summed E-state index contributed by atoms with van der Waals surface area (Å²) in [6.07, 6.45) is 0.949. The number of nitrogens with zero attached hydrogens (tertiary/aromatic N) is 2. The fourth-order valence-electron chi connectivity index (χ4n) is 4.22. The molecule has 0 bridgehead atoms. The van der Waals surface area contributed by atoms with E-state index in [9.17, 15) is 9.59 Å². The summed E-state index contributed by atoms with van der Waals surface area (Å²) in [6, 6.07) is 18.1. The van der Waals surface area contributed by atoms with E-state index in [1.807, 2.05) is 64.4 Å². The molecular formula is C23H22BrN3O2S. The predicted octanol–water partition coefficient (Wildman–Crippen LogP) is 3.99. The van der Waals surface area contributed by atoms with Gasteiger partial charge in [0.1, 0.15) is 4.88 Å². The van der Waals surface area contributed by atoms with Crippen LogP contribution in [0.4, 0.5) is 0 Å². The van der Waals surface area contributed by atoms with Crippen molar-refractivity contribution in [1.82, 2.24) is 15.1 Å². The topological polar surface area (TPSA) is 52.7 Å². The molecule has 1 aromatic heterocycles. The second kappa shape index (κ2) is 8.13. The molecular weight excluding hydrogens is 462 g/mol. The van der Waals surface area contributed by atoms with Gasteiger partial charge in [0.05, 0.1) is 0 Å². The van der Waals surface area contributed by atoms with Crippen LogP contribution in [0.25, 0.3) is 10.1 Å². The van der Waals surface area contributed by atoms with Crippen molar-refractivity contribution < 1.29 is 9.59 Å². The van der Waals surface area contributed by atoms with Crippen LogP contribution < -0.4 is 5.32 Å². The Morgan fingerprint density at radius 3 is 2.37 bits per heavy atom. The average molecular weight is 484 g/mol. The number of likely N-dealkylation sites (tertiary alicyclic amines) is 2. The molecule has 3 aromatic rings. The second-order valence-electron chi connectivity index (χ2n) is 7.92. The van der Waals surface area contributed by atoms with Gasteiger partial charge in [0.2, 0.25) is 0 Å². The van der Waals surface area contributed by atoms with Crippen molar-refractivity contribution in [3.05, 3.63) is 69.5 Å². The molecule has 2 aliphatic rings. The highest BCUT2D eigenvalue weighted by Crippen LogP contribution is 2.36. The average Bonchev–Trinajstić information content (AvgIpc) is 3.35. The van der Waals surface area contributed by atoms with Crippen LogP contribution in [-0.4, -0.2) is 59.9 Å². The number of carbonyl (C=O) groups is 2. The van der Waals surface area contributed by atoms with Gasteiger partial charge in [-0.2, -0.15) is 0 Å². The van der Waals surface area contributed by atoms with Crippen LogP contribution >= 0.6 is 27.3 Å². The third-order valence-electron chi connectivity index (χ3n) is 5.87. The summed E-state index contributed by atoms with van der Waals surface area (Å²) in [5, 5.41) is 4.73. The summed E-state index contributed by atoms with van der Waals surface area (Å²) >= 11 is 5.15. The predicted molar refractivity (Wildman–Crippen MR) is 123 cm³/mol. The maximum atomic E-state index is 12.9. The number of nitrogens with one attached hydrogen (secondary N) is 1. The van der Waals surface area contributed by atoms with Gasteiger partial charge < -0.3 is 15.1 Å². The largest absolute Gasteiger partial charge is 0.337 e. The molecule has 2 amide bonds. The van der Waals surface area contributed by atoms with Gasteiger partial charge >= 0.3 is 0 Å². The van der Waals surface area contributed by atoms with E-state index in [2.05, 4.69) is 21.2 Å². The van der Waals surface area contributed by atoms with E-state index >= 15 is 0 Å². The van der Waals surface area contributed by atoms with Crippen molar-refractivity contribution in [3.63, 3.8) is 0 Å². The van der Waals surface area contributed by atoms with Crippen molar-refractivity contribution in [2.24, 2.45) is 0 Å². The highest BCUT2D eigenvalue weighted by atomic mass is 79.9. The third-order valence-corrected chi connectivity index (χ3v) is 8.11. The lowest BCUT2D eigenvalue weighted by atomic mass is 10.1. The van der Waals surface area contributed by atoms with Crippen LogP contribution in [0.3, 0.4) is 0 Å². The van der Waals surface area contributed by atoms with Gasteiger partial charge in [0.25, 0.3) is 11.8 Å². The normalized spacial score (nSPS) is 19.3. The van der Waals surface area contributed by atoms with Crippen LogP contribution in [0.2, 0.25) is 0 Å².